The van der Waals surface area contributed by atoms with Crippen LogP contribution in [0.4, 0.5) is 11.4 Å². The lowest BCUT2D eigenvalue weighted by Crippen LogP contribution is -2.12. The summed E-state index contributed by atoms with van der Waals surface area (Å²) in [6, 6.07) is 7.23. The second kappa shape index (κ2) is 6.91. The number of aliphatic hydroxyl groups excluding tert-OH is 1. The van der Waals surface area contributed by atoms with E-state index in [0.29, 0.717) is 5.56 Å². The molecule has 2 aromatic carbocycles. The summed E-state index contributed by atoms with van der Waals surface area (Å²) >= 11 is 0. The van der Waals surface area contributed by atoms with Crippen LogP contribution < -0.4 is 5.56 Å². The van der Waals surface area contributed by atoms with Gasteiger partial charge >= 0.3 is 11.4 Å². The highest BCUT2D eigenvalue weighted by Gasteiger charge is 2.26. The van der Waals surface area contributed by atoms with Gasteiger partial charge < -0.3 is 10.1 Å². The molecule has 0 atom stereocenters. The number of nitrogens with one attached hydrogen (secondary N) is 1. The third kappa shape index (κ3) is 3.43. The summed E-state index contributed by atoms with van der Waals surface area (Å²) in [5, 5.41) is 32.5. The first-order chi connectivity index (χ1) is 13.2. The zero-order valence-corrected chi connectivity index (χ0v) is 14.8. The van der Waals surface area contributed by atoms with Gasteiger partial charge in [0.1, 0.15) is 11.5 Å². The summed E-state index contributed by atoms with van der Waals surface area (Å²) in [6.07, 6.45) is 1.15. The largest absolute Gasteiger partial charge is 0.507 e. The van der Waals surface area contributed by atoms with Gasteiger partial charge in [0, 0.05) is 17.7 Å². The number of aromatic amines is 1. The Labute approximate surface area is 157 Å². The summed E-state index contributed by atoms with van der Waals surface area (Å²) < 4.78 is 0. The molecule has 10 nitrogen and oxygen atoms in total. The molecule has 0 amide bonds. The van der Waals surface area contributed by atoms with Crippen LogP contribution in [0.2, 0.25) is 0 Å². The maximum Gasteiger partial charge on any atom is 0.348 e. The third-order valence-corrected chi connectivity index (χ3v) is 4.15. The van der Waals surface area contributed by atoms with Crippen LogP contribution in [-0.4, -0.2) is 24.9 Å². The Morgan fingerprint density at radius 1 is 1.11 bits per heavy atom. The summed E-state index contributed by atoms with van der Waals surface area (Å²) in [7, 11) is 0. The number of nitro groups is 2. The molecule has 0 saturated carbocycles. The van der Waals surface area contributed by atoms with Gasteiger partial charge in [0.2, 0.25) is 0 Å². The fraction of sp³-hybridized carbons (Fsp3) is 0.111. The van der Waals surface area contributed by atoms with E-state index in [4.69, 9.17) is 0 Å². The Bertz CT molecular complexity index is 1230. The molecule has 10 heteroatoms. The van der Waals surface area contributed by atoms with Crippen molar-refractivity contribution in [2.24, 2.45) is 0 Å². The molecule has 1 aromatic heterocycles. The Balaban J connectivity index is 2.20. The van der Waals surface area contributed by atoms with Crippen molar-refractivity contribution < 1.29 is 15.0 Å². The standard InChI is InChI=1S/C18H14N4O6/c1-9-3-4-10(2)11(5-9)17(23)8-14-18(24)20-13-7-16(22(27)28)15(21(25)26)6-12(13)19-14/h3-8,23H,1-2H3,(H,20,24)/b17-8+. The van der Waals surface area contributed by atoms with E-state index in [1.54, 1.807) is 13.0 Å². The molecule has 2 N–H and O–H groups in total. The molecule has 0 aliphatic carbocycles. The molecular formula is C18H14N4O6. The lowest BCUT2D eigenvalue weighted by atomic mass is 10.0. The summed E-state index contributed by atoms with van der Waals surface area (Å²) in [4.78, 5) is 39.0. The third-order valence-electron chi connectivity index (χ3n) is 4.15. The second-order valence-corrected chi connectivity index (χ2v) is 6.17. The maximum atomic E-state index is 12.3. The van der Waals surface area contributed by atoms with Crippen LogP contribution in [-0.2, 0) is 0 Å². The highest BCUT2D eigenvalue weighted by Crippen LogP contribution is 2.30. The number of H-pyrrole nitrogens is 1. The van der Waals surface area contributed by atoms with Gasteiger partial charge in [0.05, 0.1) is 26.9 Å². The van der Waals surface area contributed by atoms with E-state index in [1.807, 2.05) is 19.1 Å². The van der Waals surface area contributed by atoms with Gasteiger partial charge in [-0.15, -0.1) is 0 Å². The monoisotopic (exact) mass is 382 g/mol. The molecule has 0 aliphatic rings. The number of aromatic nitrogens is 2. The van der Waals surface area contributed by atoms with Gasteiger partial charge in [-0.1, -0.05) is 17.7 Å². The topological polar surface area (TPSA) is 152 Å². The molecule has 0 unspecified atom stereocenters. The predicted molar refractivity (Wildman–Crippen MR) is 102 cm³/mol. The Morgan fingerprint density at radius 2 is 1.75 bits per heavy atom. The van der Waals surface area contributed by atoms with E-state index in [9.17, 15) is 30.1 Å². The van der Waals surface area contributed by atoms with Gasteiger partial charge in [-0.3, -0.25) is 25.0 Å². The molecule has 0 radical (unpaired) electrons. The van der Waals surface area contributed by atoms with Crippen molar-refractivity contribution in [3.05, 3.63) is 83.3 Å². The van der Waals surface area contributed by atoms with E-state index in [2.05, 4.69) is 9.97 Å². The smallest absolute Gasteiger partial charge is 0.348 e. The minimum Gasteiger partial charge on any atom is -0.507 e. The first kappa shape index (κ1) is 18.7. The quantitative estimate of drug-likeness (QED) is 0.398. The molecule has 0 bridgehead atoms. The van der Waals surface area contributed by atoms with Crippen LogP contribution in [0.25, 0.3) is 22.9 Å². The SMILES string of the molecule is Cc1ccc(C)c(/C(O)=C\c2nc3cc([N+](=O)[O-])c([N+](=O)[O-])cc3[nH]c2=O)c1. The van der Waals surface area contributed by atoms with Crippen molar-refractivity contribution in [1.29, 1.82) is 0 Å². The lowest BCUT2D eigenvalue weighted by molar-refractivity contribution is -0.422. The summed E-state index contributed by atoms with van der Waals surface area (Å²) in [5.74, 6) is -0.199. The molecule has 3 rings (SSSR count). The highest BCUT2D eigenvalue weighted by molar-refractivity contribution is 5.84. The number of aryl methyl sites for hydroxylation is 2. The predicted octanol–water partition coefficient (Wildman–Crippen LogP) is 3.41. The van der Waals surface area contributed by atoms with Gasteiger partial charge in [0.15, 0.2) is 0 Å². The molecule has 1 heterocycles. The van der Waals surface area contributed by atoms with Crippen LogP contribution in [0.3, 0.4) is 0 Å². The Hall–Kier alpha value is -4.08. The number of benzene rings is 2. The van der Waals surface area contributed by atoms with Crippen molar-refractivity contribution in [2.45, 2.75) is 13.8 Å². The van der Waals surface area contributed by atoms with Crippen molar-refractivity contribution in [3.8, 4) is 0 Å². The van der Waals surface area contributed by atoms with Gasteiger partial charge in [0.25, 0.3) is 5.56 Å². The number of nitrogens with zero attached hydrogens (tertiary/aromatic N) is 3. The normalized spacial score (nSPS) is 11.6. The molecule has 0 aliphatic heterocycles. The Kier molecular flexibility index (Phi) is 4.62. The lowest BCUT2D eigenvalue weighted by Gasteiger charge is -2.06. The number of nitro benzene ring substituents is 2. The fourth-order valence-corrected chi connectivity index (χ4v) is 2.73. The van der Waals surface area contributed by atoms with Crippen molar-refractivity contribution in [1.82, 2.24) is 9.97 Å². The van der Waals surface area contributed by atoms with E-state index < -0.39 is 26.8 Å². The first-order valence-corrected chi connectivity index (χ1v) is 8.02. The molecule has 28 heavy (non-hydrogen) atoms. The van der Waals surface area contributed by atoms with E-state index in [0.717, 1.165) is 29.3 Å². The molecule has 0 saturated heterocycles. The van der Waals surface area contributed by atoms with Crippen LogP contribution in [0.5, 0.6) is 0 Å². The summed E-state index contributed by atoms with van der Waals surface area (Å²) in [5.41, 5.74) is -0.228. The van der Waals surface area contributed by atoms with Crippen LogP contribution in [0.1, 0.15) is 22.4 Å². The molecule has 3 aromatic rings. The van der Waals surface area contributed by atoms with Gasteiger partial charge in [-0.05, 0) is 25.5 Å². The zero-order chi connectivity index (χ0) is 20.6. The molecular weight excluding hydrogens is 368 g/mol. The fourth-order valence-electron chi connectivity index (χ4n) is 2.73. The average molecular weight is 382 g/mol. The number of fused-ring (bicyclic) bond motifs is 1. The van der Waals surface area contributed by atoms with E-state index in [-0.39, 0.29) is 22.5 Å². The van der Waals surface area contributed by atoms with Crippen molar-refractivity contribution in [3.63, 3.8) is 0 Å². The van der Waals surface area contributed by atoms with E-state index >= 15 is 0 Å². The van der Waals surface area contributed by atoms with Gasteiger partial charge in [-0.25, -0.2) is 4.98 Å². The Morgan fingerprint density at radius 3 is 2.39 bits per heavy atom. The van der Waals surface area contributed by atoms with Gasteiger partial charge in [-0.2, -0.15) is 0 Å². The van der Waals surface area contributed by atoms with Crippen LogP contribution in [0.15, 0.2) is 35.1 Å². The van der Waals surface area contributed by atoms with E-state index in [1.165, 1.54) is 0 Å². The van der Waals surface area contributed by atoms with Crippen molar-refractivity contribution in [2.75, 3.05) is 0 Å². The van der Waals surface area contributed by atoms with Crippen LogP contribution >= 0.6 is 0 Å². The second-order valence-electron chi connectivity index (χ2n) is 6.17. The number of hydrogen-bond donors (Lipinski definition) is 2. The maximum absolute atomic E-state index is 12.3. The van der Waals surface area contributed by atoms with Crippen LogP contribution in [0, 0.1) is 34.1 Å². The number of rotatable bonds is 4. The number of aliphatic hydroxyl groups is 1. The average Bonchev–Trinajstić information content (AvgIpc) is 2.63. The molecule has 0 fully saturated rings. The van der Waals surface area contributed by atoms with Crippen molar-refractivity contribution >= 4 is 34.2 Å². The molecule has 0 spiro atoms. The summed E-state index contributed by atoms with van der Waals surface area (Å²) in [6.45, 7) is 3.64. The zero-order valence-electron chi connectivity index (χ0n) is 14.8. The minimum atomic E-state index is -0.907. The highest BCUT2D eigenvalue weighted by atomic mass is 16.6. The first-order valence-electron chi connectivity index (χ1n) is 8.02. The minimum absolute atomic E-state index is 0.0167. The number of hydrogen-bond acceptors (Lipinski definition) is 7. The molecule has 142 valence electrons.